The molecule has 2 rings (SSSR count). The van der Waals surface area contributed by atoms with E-state index < -0.39 is 11.5 Å². The molecule has 1 atom stereocenters. The minimum absolute atomic E-state index is 0.123. The van der Waals surface area contributed by atoms with Crippen molar-refractivity contribution in [3.05, 3.63) is 23.8 Å². The highest BCUT2D eigenvalue weighted by atomic mass is 16.4. The molecular formula is C14H18N2O4. The van der Waals surface area contributed by atoms with E-state index in [9.17, 15) is 14.7 Å². The third kappa shape index (κ3) is 2.60. The monoisotopic (exact) mass is 278 g/mol. The van der Waals surface area contributed by atoms with Crippen LogP contribution >= 0.6 is 0 Å². The number of aromatic hydroxyl groups is 1. The van der Waals surface area contributed by atoms with Crippen molar-refractivity contribution in [2.75, 3.05) is 11.9 Å². The van der Waals surface area contributed by atoms with Gasteiger partial charge in [0, 0.05) is 0 Å². The number of phenols is 1. The Hall–Kier alpha value is -2.08. The molecule has 1 aliphatic rings. The molecule has 0 saturated carbocycles. The van der Waals surface area contributed by atoms with Gasteiger partial charge in [0.05, 0.1) is 16.8 Å². The van der Waals surface area contributed by atoms with Crippen molar-refractivity contribution in [3.63, 3.8) is 0 Å². The van der Waals surface area contributed by atoms with Crippen LogP contribution in [0, 0.1) is 0 Å². The standard InChI is InChI=1S/C14H18N2O4/c1-2-14(6-3-7-15-14)13(20)16-11-5-4-9(17)8-10(11)12(18)19/h4-5,8,15,17H,2-3,6-7H2,1H3,(H,16,20)(H,18,19). The van der Waals surface area contributed by atoms with E-state index in [0.717, 1.165) is 25.5 Å². The van der Waals surface area contributed by atoms with Crippen LogP contribution < -0.4 is 10.6 Å². The number of carbonyl (C=O) groups is 2. The zero-order chi connectivity index (χ0) is 14.8. The van der Waals surface area contributed by atoms with E-state index in [4.69, 9.17) is 5.11 Å². The van der Waals surface area contributed by atoms with E-state index in [0.29, 0.717) is 6.42 Å². The molecule has 1 aromatic rings. The second-order valence-corrected chi connectivity index (χ2v) is 4.96. The summed E-state index contributed by atoms with van der Waals surface area (Å²) >= 11 is 0. The van der Waals surface area contributed by atoms with Gasteiger partial charge >= 0.3 is 5.97 Å². The summed E-state index contributed by atoms with van der Waals surface area (Å²) in [6.07, 6.45) is 2.29. The van der Waals surface area contributed by atoms with E-state index in [1.807, 2.05) is 6.92 Å². The number of hydrogen-bond acceptors (Lipinski definition) is 4. The number of aromatic carboxylic acids is 1. The minimum Gasteiger partial charge on any atom is -0.508 e. The molecule has 1 unspecified atom stereocenters. The molecule has 0 spiro atoms. The van der Waals surface area contributed by atoms with Crippen LogP contribution in [0.5, 0.6) is 5.75 Å². The van der Waals surface area contributed by atoms with Crippen molar-refractivity contribution in [3.8, 4) is 5.75 Å². The fourth-order valence-corrected chi connectivity index (χ4v) is 2.52. The molecule has 1 fully saturated rings. The quantitative estimate of drug-likeness (QED) is 0.626. The Morgan fingerprint density at radius 3 is 2.75 bits per heavy atom. The second-order valence-electron chi connectivity index (χ2n) is 4.96. The van der Waals surface area contributed by atoms with Gasteiger partial charge in [-0.05, 0) is 44.0 Å². The van der Waals surface area contributed by atoms with Crippen molar-refractivity contribution >= 4 is 17.6 Å². The number of hydrogen-bond donors (Lipinski definition) is 4. The molecule has 4 N–H and O–H groups in total. The summed E-state index contributed by atoms with van der Waals surface area (Å²) in [6.45, 7) is 2.70. The summed E-state index contributed by atoms with van der Waals surface area (Å²) < 4.78 is 0. The van der Waals surface area contributed by atoms with Gasteiger partial charge in [-0.3, -0.25) is 4.79 Å². The molecule has 1 saturated heterocycles. The average Bonchev–Trinajstić information content (AvgIpc) is 2.90. The van der Waals surface area contributed by atoms with Crippen molar-refractivity contribution in [2.45, 2.75) is 31.7 Å². The summed E-state index contributed by atoms with van der Waals surface area (Å²) in [5.74, 6) is -1.57. The maximum atomic E-state index is 12.4. The number of carbonyl (C=O) groups excluding carboxylic acids is 1. The summed E-state index contributed by atoms with van der Waals surface area (Å²) in [4.78, 5) is 23.5. The van der Waals surface area contributed by atoms with Crippen molar-refractivity contribution < 1.29 is 19.8 Å². The van der Waals surface area contributed by atoms with Gasteiger partial charge in [-0.15, -0.1) is 0 Å². The topological polar surface area (TPSA) is 98.7 Å². The summed E-state index contributed by atoms with van der Waals surface area (Å²) in [5, 5.41) is 24.3. The number of anilines is 1. The first kappa shape index (κ1) is 14.3. The Bertz CT molecular complexity index is 536. The fraction of sp³-hybridized carbons (Fsp3) is 0.429. The van der Waals surface area contributed by atoms with E-state index >= 15 is 0 Å². The zero-order valence-corrected chi connectivity index (χ0v) is 11.3. The molecule has 0 radical (unpaired) electrons. The third-order valence-electron chi connectivity index (χ3n) is 3.76. The van der Waals surface area contributed by atoms with Gasteiger partial charge in [0.15, 0.2) is 0 Å². The van der Waals surface area contributed by atoms with Gasteiger partial charge in [-0.1, -0.05) is 6.92 Å². The average molecular weight is 278 g/mol. The van der Waals surface area contributed by atoms with E-state index in [1.165, 1.54) is 12.1 Å². The lowest BCUT2D eigenvalue weighted by Gasteiger charge is -2.27. The van der Waals surface area contributed by atoms with Gasteiger partial charge in [0.1, 0.15) is 5.75 Å². The summed E-state index contributed by atoms with van der Waals surface area (Å²) in [6, 6.07) is 3.87. The first-order chi connectivity index (χ1) is 9.48. The number of amides is 1. The molecule has 1 aliphatic heterocycles. The Morgan fingerprint density at radius 1 is 1.45 bits per heavy atom. The first-order valence-electron chi connectivity index (χ1n) is 6.61. The van der Waals surface area contributed by atoms with Gasteiger partial charge in [0.2, 0.25) is 5.91 Å². The Morgan fingerprint density at radius 2 is 2.20 bits per heavy atom. The summed E-state index contributed by atoms with van der Waals surface area (Å²) in [5.41, 5.74) is -0.558. The molecule has 6 nitrogen and oxygen atoms in total. The lowest BCUT2D eigenvalue weighted by Crippen LogP contribution is -2.50. The largest absolute Gasteiger partial charge is 0.508 e. The number of carboxylic acids is 1. The van der Waals surface area contributed by atoms with Gasteiger partial charge in [-0.2, -0.15) is 0 Å². The highest BCUT2D eigenvalue weighted by molar-refractivity contribution is 6.04. The smallest absolute Gasteiger partial charge is 0.337 e. The molecule has 20 heavy (non-hydrogen) atoms. The zero-order valence-electron chi connectivity index (χ0n) is 11.3. The van der Waals surface area contributed by atoms with Crippen LogP contribution in [0.2, 0.25) is 0 Å². The van der Waals surface area contributed by atoms with Crippen molar-refractivity contribution in [1.82, 2.24) is 5.32 Å². The highest BCUT2D eigenvalue weighted by Crippen LogP contribution is 2.27. The lowest BCUT2D eigenvalue weighted by atomic mass is 9.93. The molecular weight excluding hydrogens is 260 g/mol. The van der Waals surface area contributed by atoms with Crippen LogP contribution in [-0.2, 0) is 4.79 Å². The van der Waals surface area contributed by atoms with Gasteiger partial charge in [0.25, 0.3) is 0 Å². The second kappa shape index (κ2) is 5.50. The van der Waals surface area contributed by atoms with Gasteiger partial charge < -0.3 is 20.8 Å². The number of nitrogens with one attached hydrogen (secondary N) is 2. The minimum atomic E-state index is -1.19. The van der Waals surface area contributed by atoms with E-state index in [-0.39, 0.29) is 22.9 Å². The van der Waals surface area contributed by atoms with E-state index in [2.05, 4.69) is 10.6 Å². The van der Waals surface area contributed by atoms with Crippen LogP contribution in [-0.4, -0.2) is 34.2 Å². The molecule has 0 aromatic heterocycles. The van der Waals surface area contributed by atoms with Crippen LogP contribution in [0.15, 0.2) is 18.2 Å². The molecule has 0 bridgehead atoms. The fourth-order valence-electron chi connectivity index (χ4n) is 2.52. The molecule has 0 aliphatic carbocycles. The Labute approximate surface area is 116 Å². The van der Waals surface area contributed by atoms with Crippen LogP contribution in [0.25, 0.3) is 0 Å². The highest BCUT2D eigenvalue weighted by Gasteiger charge is 2.39. The molecule has 108 valence electrons. The van der Waals surface area contributed by atoms with Crippen molar-refractivity contribution in [1.29, 1.82) is 0 Å². The Balaban J connectivity index is 2.25. The molecule has 6 heteroatoms. The summed E-state index contributed by atoms with van der Waals surface area (Å²) in [7, 11) is 0. The molecule has 1 heterocycles. The van der Waals surface area contributed by atoms with Crippen LogP contribution in [0.1, 0.15) is 36.5 Å². The maximum Gasteiger partial charge on any atom is 0.337 e. The van der Waals surface area contributed by atoms with Crippen LogP contribution in [0.3, 0.4) is 0 Å². The number of carboxylic acid groups (broad SMARTS) is 1. The first-order valence-corrected chi connectivity index (χ1v) is 6.61. The molecule has 1 aromatic carbocycles. The lowest BCUT2D eigenvalue weighted by molar-refractivity contribution is -0.122. The normalized spacial score (nSPS) is 21.6. The predicted molar refractivity (Wildman–Crippen MR) is 74.0 cm³/mol. The predicted octanol–water partition coefficient (Wildman–Crippen LogP) is 1.56. The maximum absolute atomic E-state index is 12.4. The van der Waals surface area contributed by atoms with Gasteiger partial charge in [-0.25, -0.2) is 4.79 Å². The molecule has 1 amide bonds. The number of phenolic OH excluding ortho intramolecular Hbond substituents is 1. The Kier molecular flexibility index (Phi) is 3.94. The van der Waals surface area contributed by atoms with Crippen LogP contribution in [0.4, 0.5) is 5.69 Å². The number of rotatable bonds is 4. The number of benzene rings is 1. The van der Waals surface area contributed by atoms with E-state index in [1.54, 1.807) is 0 Å². The SMILES string of the molecule is CCC1(C(=O)Nc2ccc(O)cc2C(=O)O)CCCN1. The third-order valence-corrected chi connectivity index (χ3v) is 3.76. The van der Waals surface area contributed by atoms with Crippen molar-refractivity contribution in [2.24, 2.45) is 0 Å².